The van der Waals surface area contributed by atoms with Crippen LogP contribution in [0.2, 0.25) is 5.02 Å². The molecule has 1 heterocycles. The van der Waals surface area contributed by atoms with Crippen LogP contribution < -0.4 is 10.6 Å². The number of hydrogen-bond donors (Lipinski definition) is 2. The van der Waals surface area contributed by atoms with Crippen molar-refractivity contribution >= 4 is 40.9 Å². The maximum atomic E-state index is 12.7. The average molecular weight is 472 g/mol. The van der Waals surface area contributed by atoms with Gasteiger partial charge in [0.1, 0.15) is 5.82 Å². The number of benzene rings is 2. The minimum Gasteiger partial charge on any atom is -0.350 e. The van der Waals surface area contributed by atoms with Crippen LogP contribution in [0.3, 0.4) is 0 Å². The smallest absolute Gasteiger partial charge is 0.253 e. The van der Waals surface area contributed by atoms with Crippen LogP contribution in [-0.4, -0.2) is 38.4 Å². The molecule has 168 valence electrons. The molecule has 0 aliphatic rings. The number of aromatic nitrogens is 3. The molecule has 0 spiro atoms. The molecule has 0 atom stereocenters. The van der Waals surface area contributed by atoms with Gasteiger partial charge in [-0.1, -0.05) is 35.5 Å². The first kappa shape index (κ1) is 23.8. The molecular formula is C23H26ClN5O2S. The van der Waals surface area contributed by atoms with Gasteiger partial charge in [-0.15, -0.1) is 10.2 Å². The van der Waals surface area contributed by atoms with Crippen LogP contribution in [0.15, 0.2) is 41.6 Å². The van der Waals surface area contributed by atoms with Gasteiger partial charge in [-0.05, 0) is 70.0 Å². The van der Waals surface area contributed by atoms with Crippen molar-refractivity contribution in [2.75, 3.05) is 11.1 Å². The van der Waals surface area contributed by atoms with Crippen molar-refractivity contribution in [3.8, 4) is 5.69 Å². The number of carbonyl (C=O) groups excluding carboxylic acids is 2. The maximum absolute atomic E-state index is 12.7. The van der Waals surface area contributed by atoms with Crippen LogP contribution in [0.4, 0.5) is 5.69 Å². The van der Waals surface area contributed by atoms with E-state index in [0.29, 0.717) is 21.4 Å². The molecule has 2 amide bonds. The van der Waals surface area contributed by atoms with Gasteiger partial charge < -0.3 is 10.6 Å². The number of nitrogens with zero attached hydrogens (tertiary/aromatic N) is 3. The highest BCUT2D eigenvalue weighted by molar-refractivity contribution is 7.99. The van der Waals surface area contributed by atoms with Crippen LogP contribution in [0.25, 0.3) is 5.69 Å². The van der Waals surface area contributed by atoms with Crippen LogP contribution in [0.1, 0.15) is 41.2 Å². The number of thioether (sulfide) groups is 1. The molecule has 1 aromatic heterocycles. The predicted octanol–water partition coefficient (Wildman–Crippen LogP) is 4.71. The number of halogens is 1. The maximum Gasteiger partial charge on any atom is 0.253 e. The van der Waals surface area contributed by atoms with E-state index in [-0.39, 0.29) is 23.6 Å². The predicted molar refractivity (Wildman–Crippen MR) is 129 cm³/mol. The summed E-state index contributed by atoms with van der Waals surface area (Å²) in [5.41, 5.74) is 3.92. The van der Waals surface area contributed by atoms with Crippen molar-refractivity contribution in [1.29, 1.82) is 0 Å². The summed E-state index contributed by atoms with van der Waals surface area (Å²) in [6, 6.07) is 10.9. The molecule has 9 heteroatoms. The number of nitrogens with one attached hydrogen (secondary N) is 2. The van der Waals surface area contributed by atoms with E-state index < -0.39 is 0 Å². The summed E-state index contributed by atoms with van der Waals surface area (Å²) in [6.07, 6.45) is 0. The fourth-order valence-corrected chi connectivity index (χ4v) is 4.11. The SMILES string of the molecule is Cc1ccc(C)c(-n2c(C)nnc2SCC(=O)Nc2cc(Cl)ccc2C(=O)NC(C)C)c1. The van der Waals surface area contributed by atoms with Crippen LogP contribution in [0.5, 0.6) is 0 Å². The zero-order chi connectivity index (χ0) is 23.4. The standard InChI is InChI=1S/C23H26ClN5O2S/c1-13(2)25-22(31)18-9-8-17(24)11-19(18)26-21(30)12-32-23-28-27-16(5)29(23)20-10-14(3)6-7-15(20)4/h6-11,13H,12H2,1-5H3,(H,25,31)(H,26,30). The number of aryl methyl sites for hydroxylation is 3. The number of anilines is 1. The Balaban J connectivity index is 1.77. The van der Waals surface area contributed by atoms with Gasteiger partial charge in [-0.25, -0.2) is 0 Å². The first-order chi connectivity index (χ1) is 15.2. The van der Waals surface area contributed by atoms with E-state index in [1.54, 1.807) is 18.2 Å². The Morgan fingerprint density at radius 2 is 1.84 bits per heavy atom. The minimum atomic E-state index is -0.274. The van der Waals surface area contributed by atoms with Crippen molar-refractivity contribution in [3.63, 3.8) is 0 Å². The topological polar surface area (TPSA) is 88.9 Å². The van der Waals surface area contributed by atoms with E-state index >= 15 is 0 Å². The zero-order valence-electron chi connectivity index (χ0n) is 18.7. The highest BCUT2D eigenvalue weighted by atomic mass is 35.5. The van der Waals surface area contributed by atoms with Crippen molar-refractivity contribution < 1.29 is 9.59 Å². The van der Waals surface area contributed by atoms with Crippen molar-refractivity contribution in [2.45, 2.75) is 45.8 Å². The molecule has 32 heavy (non-hydrogen) atoms. The Morgan fingerprint density at radius 1 is 1.09 bits per heavy atom. The Hall–Kier alpha value is -2.84. The Bertz CT molecular complexity index is 1160. The van der Waals surface area contributed by atoms with Gasteiger partial charge in [0.25, 0.3) is 5.91 Å². The summed E-state index contributed by atoms with van der Waals surface area (Å²) in [5.74, 6) is 0.291. The summed E-state index contributed by atoms with van der Waals surface area (Å²) < 4.78 is 1.95. The molecule has 0 saturated heterocycles. The molecule has 0 saturated carbocycles. The number of amides is 2. The van der Waals surface area contributed by atoms with Crippen molar-refractivity contribution in [1.82, 2.24) is 20.1 Å². The number of carbonyl (C=O) groups is 2. The van der Waals surface area contributed by atoms with Gasteiger partial charge in [0.2, 0.25) is 5.91 Å². The molecule has 0 aliphatic carbocycles. The molecule has 0 aliphatic heterocycles. The first-order valence-corrected chi connectivity index (χ1v) is 11.5. The second kappa shape index (κ2) is 10.2. The fraction of sp³-hybridized carbons (Fsp3) is 0.304. The Kier molecular flexibility index (Phi) is 7.58. The van der Waals surface area contributed by atoms with Crippen molar-refractivity contribution in [2.24, 2.45) is 0 Å². The first-order valence-electron chi connectivity index (χ1n) is 10.2. The molecule has 0 fully saturated rings. The van der Waals surface area contributed by atoms with E-state index in [9.17, 15) is 9.59 Å². The lowest BCUT2D eigenvalue weighted by Gasteiger charge is -2.14. The van der Waals surface area contributed by atoms with Gasteiger partial charge >= 0.3 is 0 Å². The summed E-state index contributed by atoms with van der Waals surface area (Å²) >= 11 is 7.37. The lowest BCUT2D eigenvalue weighted by Crippen LogP contribution is -2.31. The van der Waals surface area contributed by atoms with Gasteiger partial charge in [-0.3, -0.25) is 14.2 Å². The second-order valence-corrected chi connectivity index (χ2v) is 9.19. The summed E-state index contributed by atoms with van der Waals surface area (Å²) in [7, 11) is 0. The zero-order valence-corrected chi connectivity index (χ0v) is 20.3. The molecular weight excluding hydrogens is 446 g/mol. The lowest BCUT2D eigenvalue weighted by molar-refractivity contribution is -0.113. The van der Waals surface area contributed by atoms with E-state index in [4.69, 9.17) is 11.6 Å². The summed E-state index contributed by atoms with van der Waals surface area (Å²) in [4.78, 5) is 25.2. The molecule has 2 aromatic carbocycles. The molecule has 3 rings (SSSR count). The van der Waals surface area contributed by atoms with Crippen LogP contribution >= 0.6 is 23.4 Å². The minimum absolute atomic E-state index is 0.0306. The molecule has 0 bridgehead atoms. The fourth-order valence-electron chi connectivity index (χ4n) is 3.15. The van der Waals surface area contributed by atoms with E-state index in [0.717, 1.165) is 22.6 Å². The Labute approximate surface area is 197 Å². The lowest BCUT2D eigenvalue weighted by atomic mass is 10.1. The normalized spacial score (nSPS) is 11.0. The van der Waals surface area contributed by atoms with Gasteiger partial charge in [0.05, 0.1) is 22.7 Å². The Morgan fingerprint density at radius 3 is 2.56 bits per heavy atom. The van der Waals surface area contributed by atoms with Gasteiger partial charge in [-0.2, -0.15) is 0 Å². The van der Waals surface area contributed by atoms with Crippen LogP contribution in [-0.2, 0) is 4.79 Å². The molecule has 0 radical (unpaired) electrons. The van der Waals surface area contributed by atoms with E-state index in [1.165, 1.54) is 11.8 Å². The third-order valence-corrected chi connectivity index (χ3v) is 5.82. The molecule has 2 N–H and O–H groups in total. The second-order valence-electron chi connectivity index (χ2n) is 7.81. The third-order valence-electron chi connectivity index (χ3n) is 4.65. The number of hydrogen-bond acceptors (Lipinski definition) is 5. The number of rotatable bonds is 7. The monoisotopic (exact) mass is 471 g/mol. The quantitative estimate of drug-likeness (QED) is 0.487. The van der Waals surface area contributed by atoms with Crippen LogP contribution in [0, 0.1) is 20.8 Å². The van der Waals surface area contributed by atoms with E-state index in [1.807, 2.05) is 45.3 Å². The largest absolute Gasteiger partial charge is 0.350 e. The van der Waals surface area contributed by atoms with E-state index in [2.05, 4.69) is 33.0 Å². The summed E-state index contributed by atoms with van der Waals surface area (Å²) in [6.45, 7) is 9.68. The highest BCUT2D eigenvalue weighted by Gasteiger charge is 2.18. The third kappa shape index (κ3) is 5.69. The molecule has 7 nitrogen and oxygen atoms in total. The summed E-state index contributed by atoms with van der Waals surface area (Å²) in [5, 5.41) is 15.1. The molecule has 0 unspecified atom stereocenters. The molecule has 3 aromatic rings. The average Bonchev–Trinajstić information content (AvgIpc) is 3.08. The van der Waals surface area contributed by atoms with Gasteiger partial charge in [0, 0.05) is 11.1 Å². The highest BCUT2D eigenvalue weighted by Crippen LogP contribution is 2.26. The van der Waals surface area contributed by atoms with Crippen molar-refractivity contribution in [3.05, 3.63) is 63.9 Å². The van der Waals surface area contributed by atoms with Gasteiger partial charge in [0.15, 0.2) is 5.16 Å².